The minimum atomic E-state index is -3.47. The number of benzene rings is 1. The lowest BCUT2D eigenvalue weighted by Gasteiger charge is -2.26. The molecule has 0 atom stereocenters. The molecule has 25 heavy (non-hydrogen) atoms. The third-order valence-electron chi connectivity index (χ3n) is 4.98. The second kappa shape index (κ2) is 7.48. The Labute approximate surface area is 152 Å². The molecule has 0 spiro atoms. The van der Waals surface area contributed by atoms with E-state index in [9.17, 15) is 13.2 Å². The fourth-order valence-corrected chi connectivity index (χ4v) is 4.90. The molecule has 140 valence electrons. The molecule has 0 aromatic heterocycles. The minimum absolute atomic E-state index is 0.0250. The Balaban J connectivity index is 2.16. The van der Waals surface area contributed by atoms with Crippen molar-refractivity contribution in [3.63, 3.8) is 0 Å². The number of carbonyl (C=O) groups is 1. The third-order valence-corrected chi connectivity index (χ3v) is 6.39. The molecule has 1 aliphatic rings. The standard InChI is InChI=1S/C20H31NO3S/c1-15-11-17(20(3,4)5)12-16(2)18(15)13-25(23,24)14-19(22)21-9-7-6-8-10-21/h11-12H,6-10,13-14H2,1-5H3. The molecule has 2 rings (SSSR count). The van der Waals surface area contributed by atoms with E-state index in [1.54, 1.807) is 4.90 Å². The average Bonchev–Trinajstić information content (AvgIpc) is 2.50. The molecule has 0 N–H and O–H groups in total. The summed E-state index contributed by atoms with van der Waals surface area (Å²) in [5, 5.41) is 0. The maximum atomic E-state index is 12.6. The van der Waals surface area contributed by atoms with E-state index < -0.39 is 9.84 Å². The first-order chi connectivity index (χ1) is 11.5. The number of aryl methyl sites for hydroxylation is 2. The predicted molar refractivity (Wildman–Crippen MR) is 103 cm³/mol. The van der Waals surface area contributed by atoms with Gasteiger partial charge < -0.3 is 4.90 Å². The Morgan fingerprint density at radius 3 is 2.04 bits per heavy atom. The predicted octanol–water partition coefficient (Wildman–Crippen LogP) is 3.53. The van der Waals surface area contributed by atoms with Gasteiger partial charge in [0.05, 0.1) is 5.75 Å². The monoisotopic (exact) mass is 365 g/mol. The molecular formula is C20H31NO3S. The molecule has 0 bridgehead atoms. The maximum absolute atomic E-state index is 12.6. The van der Waals surface area contributed by atoms with Gasteiger partial charge in [0.15, 0.2) is 9.84 Å². The second-order valence-corrected chi connectivity index (χ2v) is 10.4. The molecule has 0 aliphatic carbocycles. The van der Waals surface area contributed by atoms with Crippen LogP contribution < -0.4 is 0 Å². The van der Waals surface area contributed by atoms with Crippen LogP contribution in [0.2, 0.25) is 0 Å². The Morgan fingerprint density at radius 2 is 1.56 bits per heavy atom. The zero-order chi connectivity index (χ0) is 18.8. The Hall–Kier alpha value is -1.36. The van der Waals surface area contributed by atoms with Crippen LogP contribution >= 0.6 is 0 Å². The Bertz CT molecular complexity index is 716. The van der Waals surface area contributed by atoms with E-state index in [1.165, 1.54) is 5.56 Å². The number of carbonyl (C=O) groups excluding carboxylic acids is 1. The van der Waals surface area contributed by atoms with Crippen LogP contribution in [0.4, 0.5) is 0 Å². The van der Waals surface area contributed by atoms with Crippen LogP contribution in [0.1, 0.15) is 62.3 Å². The van der Waals surface area contributed by atoms with Crippen molar-refractivity contribution in [2.45, 2.75) is 65.0 Å². The molecule has 1 fully saturated rings. The van der Waals surface area contributed by atoms with Gasteiger partial charge in [-0.1, -0.05) is 32.9 Å². The van der Waals surface area contributed by atoms with Gasteiger partial charge >= 0.3 is 0 Å². The van der Waals surface area contributed by atoms with Crippen LogP contribution in [0.5, 0.6) is 0 Å². The normalized spacial score (nSPS) is 16.1. The fourth-order valence-electron chi connectivity index (χ4n) is 3.35. The highest BCUT2D eigenvalue weighted by Gasteiger charge is 2.25. The zero-order valence-electron chi connectivity index (χ0n) is 16.2. The quantitative estimate of drug-likeness (QED) is 0.820. The van der Waals surface area contributed by atoms with Crippen LogP contribution in [0, 0.1) is 13.8 Å². The summed E-state index contributed by atoms with van der Waals surface area (Å²) in [5.74, 6) is -0.692. The minimum Gasteiger partial charge on any atom is -0.342 e. The van der Waals surface area contributed by atoms with Gasteiger partial charge in [0.2, 0.25) is 5.91 Å². The van der Waals surface area contributed by atoms with Crippen molar-refractivity contribution in [3.8, 4) is 0 Å². The van der Waals surface area contributed by atoms with Crippen LogP contribution in [0.25, 0.3) is 0 Å². The van der Waals surface area contributed by atoms with Gasteiger partial charge in [-0.25, -0.2) is 8.42 Å². The summed E-state index contributed by atoms with van der Waals surface area (Å²) in [7, 11) is -3.47. The van der Waals surface area contributed by atoms with E-state index in [1.807, 2.05) is 13.8 Å². The van der Waals surface area contributed by atoms with Crippen molar-refractivity contribution < 1.29 is 13.2 Å². The highest BCUT2D eigenvalue weighted by atomic mass is 32.2. The number of amides is 1. The van der Waals surface area contributed by atoms with Crippen molar-refractivity contribution in [3.05, 3.63) is 34.4 Å². The van der Waals surface area contributed by atoms with Crippen LogP contribution in [0.3, 0.4) is 0 Å². The first-order valence-electron chi connectivity index (χ1n) is 9.08. The van der Waals surface area contributed by atoms with Crippen molar-refractivity contribution in [1.29, 1.82) is 0 Å². The lowest BCUT2D eigenvalue weighted by atomic mass is 9.84. The first kappa shape index (κ1) is 20.0. The summed E-state index contributed by atoms with van der Waals surface area (Å²) in [6, 6.07) is 4.15. The molecule has 0 saturated carbocycles. The molecule has 1 aromatic rings. The lowest BCUT2D eigenvalue weighted by molar-refractivity contribution is -0.129. The number of nitrogens with zero attached hydrogens (tertiary/aromatic N) is 1. The van der Waals surface area contributed by atoms with E-state index in [0.29, 0.717) is 13.1 Å². The average molecular weight is 366 g/mol. The van der Waals surface area contributed by atoms with Crippen LogP contribution in [-0.4, -0.2) is 38.1 Å². The summed E-state index contributed by atoms with van der Waals surface area (Å²) in [6.07, 6.45) is 3.06. The van der Waals surface area contributed by atoms with Crippen molar-refractivity contribution >= 4 is 15.7 Å². The van der Waals surface area contributed by atoms with Crippen LogP contribution in [0.15, 0.2) is 12.1 Å². The largest absolute Gasteiger partial charge is 0.342 e. The summed E-state index contributed by atoms with van der Waals surface area (Å²) in [5.41, 5.74) is 4.03. The topological polar surface area (TPSA) is 54.5 Å². The van der Waals surface area contributed by atoms with Gasteiger partial charge in [-0.2, -0.15) is 0 Å². The van der Waals surface area contributed by atoms with Gasteiger partial charge in [-0.3, -0.25) is 4.79 Å². The summed E-state index contributed by atoms with van der Waals surface area (Å²) < 4.78 is 25.2. The molecular weight excluding hydrogens is 334 g/mol. The molecule has 1 aliphatic heterocycles. The summed E-state index contributed by atoms with van der Waals surface area (Å²) >= 11 is 0. The number of piperidine rings is 1. The number of hydrogen-bond donors (Lipinski definition) is 0. The van der Waals surface area contributed by atoms with E-state index in [2.05, 4.69) is 32.9 Å². The highest BCUT2D eigenvalue weighted by Crippen LogP contribution is 2.28. The number of likely N-dealkylation sites (tertiary alicyclic amines) is 1. The second-order valence-electron chi connectivity index (χ2n) is 8.31. The molecule has 0 radical (unpaired) electrons. The smallest absolute Gasteiger partial charge is 0.237 e. The number of hydrogen-bond acceptors (Lipinski definition) is 3. The van der Waals surface area contributed by atoms with E-state index in [-0.39, 0.29) is 22.8 Å². The van der Waals surface area contributed by atoms with E-state index >= 15 is 0 Å². The van der Waals surface area contributed by atoms with Gasteiger partial charge in [0.1, 0.15) is 5.75 Å². The van der Waals surface area contributed by atoms with Crippen molar-refractivity contribution in [2.24, 2.45) is 0 Å². The van der Waals surface area contributed by atoms with Gasteiger partial charge in [0, 0.05) is 13.1 Å². The molecule has 1 amide bonds. The molecule has 4 nitrogen and oxygen atoms in total. The van der Waals surface area contributed by atoms with Crippen molar-refractivity contribution in [1.82, 2.24) is 4.90 Å². The molecule has 0 unspecified atom stereocenters. The molecule has 1 aromatic carbocycles. The number of rotatable bonds is 4. The summed E-state index contributed by atoms with van der Waals surface area (Å²) in [4.78, 5) is 14.0. The molecule has 5 heteroatoms. The highest BCUT2D eigenvalue weighted by molar-refractivity contribution is 7.91. The van der Waals surface area contributed by atoms with Crippen molar-refractivity contribution in [2.75, 3.05) is 18.8 Å². The molecule has 1 heterocycles. The molecule has 1 saturated heterocycles. The van der Waals surface area contributed by atoms with Gasteiger partial charge in [-0.15, -0.1) is 0 Å². The first-order valence-corrected chi connectivity index (χ1v) is 10.9. The Morgan fingerprint density at radius 1 is 1.04 bits per heavy atom. The number of sulfone groups is 1. The lowest BCUT2D eigenvalue weighted by Crippen LogP contribution is -2.39. The summed E-state index contributed by atoms with van der Waals surface area (Å²) in [6.45, 7) is 11.7. The maximum Gasteiger partial charge on any atom is 0.237 e. The third kappa shape index (κ3) is 5.30. The van der Waals surface area contributed by atoms with Gasteiger partial charge in [-0.05, 0) is 60.8 Å². The zero-order valence-corrected chi connectivity index (χ0v) is 17.0. The fraction of sp³-hybridized carbons (Fsp3) is 0.650. The van der Waals surface area contributed by atoms with Crippen LogP contribution in [-0.2, 0) is 25.8 Å². The van der Waals surface area contributed by atoms with Gasteiger partial charge in [0.25, 0.3) is 0 Å². The SMILES string of the molecule is Cc1cc(C(C)(C)C)cc(C)c1CS(=O)(=O)CC(=O)N1CCCCC1. The Kier molecular flexibility index (Phi) is 5.97. The van der Waals surface area contributed by atoms with E-state index in [4.69, 9.17) is 0 Å². The van der Waals surface area contributed by atoms with E-state index in [0.717, 1.165) is 36.0 Å².